The summed E-state index contributed by atoms with van der Waals surface area (Å²) in [6.07, 6.45) is 1.67. The molecule has 6 heteroatoms. The number of fused-ring (bicyclic) bond motifs is 1. The van der Waals surface area contributed by atoms with Gasteiger partial charge >= 0.3 is 0 Å². The largest absolute Gasteiger partial charge is 0.199 e. The zero-order valence-corrected chi connectivity index (χ0v) is 7.85. The molecule has 14 heavy (non-hydrogen) atoms. The molecule has 0 N–H and O–H groups in total. The third kappa shape index (κ3) is 1.01. The van der Waals surface area contributed by atoms with E-state index >= 15 is 0 Å². The highest BCUT2D eigenvalue weighted by atomic mass is 32.1. The van der Waals surface area contributed by atoms with Crippen LogP contribution >= 0.6 is 11.5 Å². The molecule has 0 fully saturated rings. The maximum absolute atomic E-state index is 4.04. The molecule has 0 bridgehead atoms. The van der Waals surface area contributed by atoms with Gasteiger partial charge in [0.05, 0.1) is 11.7 Å². The van der Waals surface area contributed by atoms with E-state index < -0.39 is 0 Å². The minimum Gasteiger partial charge on any atom is -0.199 e. The van der Waals surface area contributed by atoms with Crippen molar-refractivity contribution >= 4 is 22.6 Å². The van der Waals surface area contributed by atoms with Gasteiger partial charge in [-0.2, -0.15) is 4.68 Å². The summed E-state index contributed by atoms with van der Waals surface area (Å²) in [7, 11) is 0. The van der Waals surface area contributed by atoms with E-state index in [2.05, 4.69) is 19.9 Å². The maximum atomic E-state index is 4.04. The number of para-hydroxylation sites is 1. The molecule has 0 aliphatic rings. The van der Waals surface area contributed by atoms with Gasteiger partial charge in [0.1, 0.15) is 5.52 Å². The molecule has 0 amide bonds. The minimum absolute atomic E-state index is 0.874. The van der Waals surface area contributed by atoms with Gasteiger partial charge in [0.2, 0.25) is 0 Å². The standard InChI is InChI=1S/C8H5N5S/c1-2-4-7-6(3-1)10-11-13(7)8-5-9-12-14-8/h1-5H. The second-order valence-electron chi connectivity index (χ2n) is 2.75. The molecule has 0 saturated heterocycles. The molecule has 0 aliphatic heterocycles. The fourth-order valence-electron chi connectivity index (χ4n) is 1.29. The van der Waals surface area contributed by atoms with Crippen molar-refractivity contribution in [1.29, 1.82) is 0 Å². The van der Waals surface area contributed by atoms with Gasteiger partial charge in [-0.3, -0.25) is 0 Å². The van der Waals surface area contributed by atoms with Gasteiger partial charge in [-0.15, -0.1) is 10.2 Å². The highest BCUT2D eigenvalue weighted by Crippen LogP contribution is 2.16. The van der Waals surface area contributed by atoms with Crippen molar-refractivity contribution in [2.24, 2.45) is 0 Å². The van der Waals surface area contributed by atoms with Crippen molar-refractivity contribution in [2.75, 3.05) is 0 Å². The Morgan fingerprint density at radius 2 is 2.14 bits per heavy atom. The van der Waals surface area contributed by atoms with Crippen molar-refractivity contribution in [3.63, 3.8) is 0 Å². The Bertz CT molecular complexity index is 556. The Morgan fingerprint density at radius 1 is 1.21 bits per heavy atom. The van der Waals surface area contributed by atoms with Crippen molar-refractivity contribution in [1.82, 2.24) is 24.6 Å². The first kappa shape index (κ1) is 7.57. The molecule has 0 saturated carbocycles. The van der Waals surface area contributed by atoms with E-state index in [-0.39, 0.29) is 0 Å². The number of nitrogens with zero attached hydrogens (tertiary/aromatic N) is 5. The molecule has 0 atom stereocenters. The fourth-order valence-corrected chi connectivity index (χ4v) is 1.77. The van der Waals surface area contributed by atoms with Crippen LogP contribution in [0.3, 0.4) is 0 Å². The lowest BCUT2D eigenvalue weighted by atomic mass is 10.3. The van der Waals surface area contributed by atoms with E-state index in [0.29, 0.717) is 0 Å². The van der Waals surface area contributed by atoms with Crippen LogP contribution in [0.2, 0.25) is 0 Å². The number of hydrogen-bond donors (Lipinski definition) is 0. The summed E-state index contributed by atoms with van der Waals surface area (Å²) < 4.78 is 5.52. The number of benzene rings is 1. The van der Waals surface area contributed by atoms with Gasteiger partial charge in [-0.05, 0) is 12.1 Å². The molecular formula is C8H5N5S. The van der Waals surface area contributed by atoms with E-state index in [1.54, 1.807) is 10.9 Å². The Labute approximate surface area is 83.2 Å². The van der Waals surface area contributed by atoms with Gasteiger partial charge in [-0.25, -0.2) is 0 Å². The molecule has 0 aliphatic carbocycles. The van der Waals surface area contributed by atoms with E-state index in [4.69, 9.17) is 0 Å². The van der Waals surface area contributed by atoms with Gasteiger partial charge < -0.3 is 0 Å². The number of aromatic nitrogens is 5. The first-order valence-electron chi connectivity index (χ1n) is 4.03. The molecule has 3 rings (SSSR count). The van der Waals surface area contributed by atoms with E-state index in [0.717, 1.165) is 16.0 Å². The van der Waals surface area contributed by atoms with E-state index in [1.165, 1.54) is 11.5 Å². The third-order valence-corrected chi connectivity index (χ3v) is 2.55. The van der Waals surface area contributed by atoms with Crippen LogP contribution in [0.5, 0.6) is 0 Å². The lowest BCUT2D eigenvalue weighted by molar-refractivity contribution is 0.833. The summed E-state index contributed by atoms with van der Waals surface area (Å²) >= 11 is 1.29. The first-order valence-corrected chi connectivity index (χ1v) is 4.81. The van der Waals surface area contributed by atoms with Crippen molar-refractivity contribution < 1.29 is 0 Å². The van der Waals surface area contributed by atoms with Crippen LogP contribution in [-0.2, 0) is 0 Å². The highest BCUT2D eigenvalue weighted by Gasteiger charge is 2.06. The molecule has 2 aromatic heterocycles. The summed E-state index contributed by atoms with van der Waals surface area (Å²) in [5.74, 6) is 0. The zero-order valence-electron chi connectivity index (χ0n) is 7.03. The summed E-state index contributed by atoms with van der Waals surface area (Å²) in [6.45, 7) is 0. The second-order valence-corrected chi connectivity index (χ2v) is 3.51. The van der Waals surface area contributed by atoms with Crippen LogP contribution in [0.15, 0.2) is 30.5 Å². The van der Waals surface area contributed by atoms with Gasteiger partial charge in [0.25, 0.3) is 0 Å². The van der Waals surface area contributed by atoms with Crippen molar-refractivity contribution in [2.45, 2.75) is 0 Å². The fraction of sp³-hybridized carbons (Fsp3) is 0. The average molecular weight is 203 g/mol. The van der Waals surface area contributed by atoms with Crippen molar-refractivity contribution in [3.05, 3.63) is 30.5 Å². The molecule has 0 unspecified atom stereocenters. The molecule has 0 radical (unpaired) electrons. The lowest BCUT2D eigenvalue weighted by Gasteiger charge is -1.93. The summed E-state index contributed by atoms with van der Waals surface area (Å²) in [6, 6.07) is 7.78. The van der Waals surface area contributed by atoms with E-state index in [9.17, 15) is 0 Å². The predicted molar refractivity (Wildman–Crippen MR) is 52.3 cm³/mol. The Morgan fingerprint density at radius 3 is 3.00 bits per heavy atom. The number of hydrogen-bond acceptors (Lipinski definition) is 5. The molecule has 1 aromatic carbocycles. The van der Waals surface area contributed by atoms with Gasteiger partial charge in [0, 0.05) is 11.5 Å². The molecule has 5 nitrogen and oxygen atoms in total. The Balaban J connectivity index is 2.33. The summed E-state index contributed by atoms with van der Waals surface area (Å²) in [4.78, 5) is 0. The molecule has 68 valence electrons. The molecule has 2 heterocycles. The SMILES string of the molecule is c1ccc2c(c1)nnn2-c1cnns1. The monoisotopic (exact) mass is 203 g/mol. The summed E-state index contributed by atoms with van der Waals surface area (Å²) in [5.41, 5.74) is 1.85. The van der Waals surface area contributed by atoms with Crippen LogP contribution in [-0.4, -0.2) is 24.6 Å². The minimum atomic E-state index is 0.874. The van der Waals surface area contributed by atoms with Crippen molar-refractivity contribution in [3.8, 4) is 5.00 Å². The number of rotatable bonds is 1. The molecule has 0 spiro atoms. The smallest absolute Gasteiger partial charge is 0.160 e. The molecule has 3 aromatic rings. The van der Waals surface area contributed by atoms with Crippen LogP contribution in [0.25, 0.3) is 16.0 Å². The molecular weight excluding hydrogens is 198 g/mol. The third-order valence-electron chi connectivity index (χ3n) is 1.91. The topological polar surface area (TPSA) is 56.5 Å². The predicted octanol–water partition coefficient (Wildman–Crippen LogP) is 1.27. The quantitative estimate of drug-likeness (QED) is 0.597. The highest BCUT2D eigenvalue weighted by molar-refractivity contribution is 7.08. The van der Waals surface area contributed by atoms with Crippen LogP contribution in [0.4, 0.5) is 0 Å². The van der Waals surface area contributed by atoms with Crippen LogP contribution in [0, 0.1) is 0 Å². The first-order chi connectivity index (χ1) is 6.95. The van der Waals surface area contributed by atoms with Crippen LogP contribution < -0.4 is 0 Å². The summed E-state index contributed by atoms with van der Waals surface area (Å²) in [5, 5.41) is 12.7. The lowest BCUT2D eigenvalue weighted by Crippen LogP contribution is -1.92. The van der Waals surface area contributed by atoms with Gasteiger partial charge in [-0.1, -0.05) is 21.8 Å². The zero-order chi connectivity index (χ0) is 9.38. The maximum Gasteiger partial charge on any atom is 0.160 e. The van der Waals surface area contributed by atoms with Crippen LogP contribution in [0.1, 0.15) is 0 Å². The second kappa shape index (κ2) is 2.85. The Hall–Kier alpha value is -1.82. The average Bonchev–Trinajstić information content (AvgIpc) is 2.85. The van der Waals surface area contributed by atoms with E-state index in [1.807, 2.05) is 24.3 Å². The Kier molecular flexibility index (Phi) is 1.54. The normalized spacial score (nSPS) is 10.9. The van der Waals surface area contributed by atoms with Gasteiger partial charge in [0.15, 0.2) is 5.00 Å².